The van der Waals surface area contributed by atoms with Gasteiger partial charge in [-0.15, -0.1) is 5.54 Å². The summed E-state index contributed by atoms with van der Waals surface area (Å²) in [5, 5.41) is 1.60. The first-order valence-electron chi connectivity index (χ1n) is 20.2. The van der Waals surface area contributed by atoms with Crippen LogP contribution < -0.4 is 14.4 Å². The standard InChI is InChI=1S/C44H55F2N3O6SSi/c1-27(2)57(28(3)4,29(5)6)17-14-32-10-9-11-33-19-34(54-26-52-7)20-35(38(32)33)39-37(45)21-36-41(40(39)46)47-43(53-24-44(15-16-44)25-55-56(8,50)51)48-42(36)49-22-30-12-13-31(18-30)23-49/h9-11,19-21,27-31H,12-13,15-16,18,22-26H2,1-8H3. The molecule has 3 aromatic carbocycles. The molecule has 2 bridgehead atoms. The van der Waals surface area contributed by atoms with E-state index in [9.17, 15) is 8.42 Å². The van der Waals surface area contributed by atoms with Crippen molar-refractivity contribution in [1.29, 1.82) is 0 Å². The lowest BCUT2D eigenvalue weighted by atomic mass is 9.92. The Labute approximate surface area is 337 Å². The predicted octanol–water partition coefficient (Wildman–Crippen LogP) is 9.65. The second-order valence-electron chi connectivity index (χ2n) is 17.6. The highest BCUT2D eigenvalue weighted by Crippen LogP contribution is 2.48. The topological polar surface area (TPSA) is 100 Å². The van der Waals surface area contributed by atoms with Gasteiger partial charge in [0.15, 0.2) is 12.6 Å². The Bertz CT molecular complexity index is 2310. The van der Waals surface area contributed by atoms with E-state index >= 15 is 8.78 Å². The molecule has 9 nitrogen and oxygen atoms in total. The number of fused-ring (bicyclic) bond motifs is 4. The molecule has 1 aromatic heterocycles. The molecule has 2 atom stereocenters. The van der Waals surface area contributed by atoms with Crippen molar-refractivity contribution in [1.82, 2.24) is 9.97 Å². The first-order valence-corrected chi connectivity index (χ1v) is 24.2. The van der Waals surface area contributed by atoms with Crippen molar-refractivity contribution in [2.24, 2.45) is 17.3 Å². The average Bonchev–Trinajstić information content (AvgIpc) is 3.86. The molecule has 2 heterocycles. The molecule has 2 saturated carbocycles. The van der Waals surface area contributed by atoms with Gasteiger partial charge in [-0.2, -0.15) is 18.4 Å². The molecule has 306 valence electrons. The number of halogens is 2. The van der Waals surface area contributed by atoms with Crippen molar-refractivity contribution in [3.05, 3.63) is 53.6 Å². The summed E-state index contributed by atoms with van der Waals surface area (Å²) in [6.07, 6.45) is 5.78. The zero-order valence-corrected chi connectivity index (χ0v) is 36.2. The highest BCUT2D eigenvalue weighted by Gasteiger charge is 2.45. The highest BCUT2D eigenvalue weighted by molar-refractivity contribution is 7.86. The Morgan fingerprint density at radius 2 is 1.63 bits per heavy atom. The Morgan fingerprint density at radius 1 is 0.947 bits per heavy atom. The summed E-state index contributed by atoms with van der Waals surface area (Å²) in [7, 11) is -4.30. The molecular formula is C44H55F2N3O6SSi. The average molecular weight is 820 g/mol. The molecule has 2 unspecified atom stereocenters. The fourth-order valence-corrected chi connectivity index (χ4v) is 15.3. The number of rotatable bonds is 14. The molecular weight excluding hydrogens is 765 g/mol. The number of ether oxygens (including phenoxy) is 3. The predicted molar refractivity (Wildman–Crippen MR) is 224 cm³/mol. The first kappa shape index (κ1) is 41.3. The lowest BCUT2D eigenvalue weighted by Gasteiger charge is -2.38. The number of anilines is 1. The molecule has 2 aliphatic carbocycles. The minimum atomic E-state index is -3.65. The number of benzene rings is 3. The Morgan fingerprint density at radius 3 is 2.25 bits per heavy atom. The van der Waals surface area contributed by atoms with Crippen LogP contribution in [-0.2, 0) is 19.0 Å². The molecule has 3 aliphatic rings. The third kappa shape index (κ3) is 8.38. The number of methoxy groups -OCH3 is 1. The lowest BCUT2D eigenvalue weighted by molar-refractivity contribution is 0.0512. The van der Waals surface area contributed by atoms with Crippen molar-refractivity contribution in [3.63, 3.8) is 0 Å². The summed E-state index contributed by atoms with van der Waals surface area (Å²) in [6.45, 7) is 15.0. The molecule has 0 radical (unpaired) electrons. The molecule has 1 aliphatic heterocycles. The van der Waals surface area contributed by atoms with Crippen LogP contribution in [0.3, 0.4) is 0 Å². The first-order chi connectivity index (χ1) is 27.0. The van der Waals surface area contributed by atoms with Crippen LogP contribution in [0, 0.1) is 40.3 Å². The largest absolute Gasteiger partial charge is 0.468 e. The molecule has 13 heteroatoms. The number of piperidine rings is 1. The SMILES string of the molecule is COCOc1cc(-c2c(F)cc3c(N4CC5CCC(C5)C4)nc(OCC4(COS(C)(=O)=O)CC4)nc3c2F)c2c(C#C[Si](C(C)C)(C(C)C)C(C)C)cccc2c1. The van der Waals surface area contributed by atoms with Crippen LogP contribution >= 0.6 is 0 Å². The van der Waals surface area contributed by atoms with E-state index in [4.69, 9.17) is 23.4 Å². The number of hydrogen-bond acceptors (Lipinski definition) is 9. The minimum absolute atomic E-state index is 0.0274. The van der Waals surface area contributed by atoms with Crippen LogP contribution in [0.2, 0.25) is 16.6 Å². The van der Waals surface area contributed by atoms with E-state index in [2.05, 4.69) is 62.9 Å². The van der Waals surface area contributed by atoms with E-state index in [0.29, 0.717) is 69.4 Å². The highest BCUT2D eigenvalue weighted by atomic mass is 32.2. The van der Waals surface area contributed by atoms with E-state index in [1.54, 1.807) is 6.07 Å². The molecule has 1 saturated heterocycles. The molecule has 0 amide bonds. The molecule has 0 N–H and O–H groups in total. The minimum Gasteiger partial charge on any atom is -0.468 e. The number of nitrogens with zero attached hydrogens (tertiary/aromatic N) is 3. The van der Waals surface area contributed by atoms with Gasteiger partial charge in [0, 0.05) is 47.5 Å². The van der Waals surface area contributed by atoms with Crippen molar-refractivity contribution >= 4 is 45.7 Å². The monoisotopic (exact) mass is 819 g/mol. The zero-order chi connectivity index (χ0) is 40.9. The Hall–Kier alpha value is -3.83. The van der Waals surface area contributed by atoms with Gasteiger partial charge >= 0.3 is 6.01 Å². The van der Waals surface area contributed by atoms with E-state index in [1.165, 1.54) is 13.2 Å². The second kappa shape index (κ2) is 16.1. The maximum absolute atomic E-state index is 17.6. The van der Waals surface area contributed by atoms with Crippen LogP contribution in [0.5, 0.6) is 11.8 Å². The van der Waals surface area contributed by atoms with E-state index in [-0.39, 0.29) is 42.5 Å². The van der Waals surface area contributed by atoms with Gasteiger partial charge in [-0.1, -0.05) is 59.6 Å². The summed E-state index contributed by atoms with van der Waals surface area (Å²) >= 11 is 0. The van der Waals surface area contributed by atoms with Crippen LogP contribution in [0.25, 0.3) is 32.8 Å². The van der Waals surface area contributed by atoms with Gasteiger partial charge in [0.25, 0.3) is 10.1 Å². The molecule has 4 aromatic rings. The summed E-state index contributed by atoms with van der Waals surface area (Å²) in [5.74, 6) is 3.72. The van der Waals surface area contributed by atoms with E-state index in [0.717, 1.165) is 44.0 Å². The fraction of sp³-hybridized carbons (Fsp3) is 0.545. The molecule has 3 fully saturated rings. The molecule has 7 rings (SSSR count). The van der Waals surface area contributed by atoms with Gasteiger partial charge in [0.1, 0.15) is 31.0 Å². The van der Waals surface area contributed by atoms with Crippen LogP contribution in [0.15, 0.2) is 36.4 Å². The normalized spacial score (nSPS) is 19.1. The second-order valence-corrected chi connectivity index (χ2v) is 24.8. The van der Waals surface area contributed by atoms with Gasteiger partial charge in [-0.05, 0) is 90.2 Å². The number of hydrogen-bond donors (Lipinski definition) is 0. The third-order valence-electron chi connectivity index (χ3n) is 12.6. The maximum Gasteiger partial charge on any atom is 0.319 e. The fourth-order valence-electron chi connectivity index (χ4n) is 9.57. The van der Waals surface area contributed by atoms with Gasteiger partial charge in [-0.25, -0.2) is 8.78 Å². The van der Waals surface area contributed by atoms with Crippen molar-refractivity contribution in [3.8, 4) is 34.4 Å². The quantitative estimate of drug-likeness (QED) is 0.0533. The number of aromatic nitrogens is 2. The van der Waals surface area contributed by atoms with Crippen LogP contribution in [-0.4, -0.2) is 72.9 Å². The van der Waals surface area contributed by atoms with Crippen LogP contribution in [0.4, 0.5) is 14.6 Å². The van der Waals surface area contributed by atoms with E-state index < -0.39 is 35.2 Å². The lowest BCUT2D eigenvalue weighted by Crippen LogP contribution is -2.43. The Balaban J connectivity index is 1.41. The van der Waals surface area contributed by atoms with Crippen LogP contribution in [0.1, 0.15) is 79.2 Å². The summed E-state index contributed by atoms with van der Waals surface area (Å²) in [6, 6.07) is 10.5. The van der Waals surface area contributed by atoms with Gasteiger partial charge in [0.05, 0.1) is 25.0 Å². The summed E-state index contributed by atoms with van der Waals surface area (Å²) in [5.41, 5.74) is 5.13. The zero-order valence-electron chi connectivity index (χ0n) is 34.4. The molecule has 57 heavy (non-hydrogen) atoms. The van der Waals surface area contributed by atoms with Gasteiger partial charge < -0.3 is 19.1 Å². The van der Waals surface area contributed by atoms with Crippen molar-refractivity contribution in [2.45, 2.75) is 90.3 Å². The van der Waals surface area contributed by atoms with E-state index in [1.807, 2.05) is 24.3 Å². The van der Waals surface area contributed by atoms with Gasteiger partial charge in [0.2, 0.25) is 0 Å². The maximum atomic E-state index is 17.6. The summed E-state index contributed by atoms with van der Waals surface area (Å²) < 4.78 is 80.5. The Kier molecular flexibility index (Phi) is 11.7. The summed E-state index contributed by atoms with van der Waals surface area (Å²) in [4.78, 5) is 11.5. The van der Waals surface area contributed by atoms with Crippen molar-refractivity contribution < 1.29 is 35.6 Å². The smallest absolute Gasteiger partial charge is 0.319 e. The van der Waals surface area contributed by atoms with Crippen molar-refractivity contribution in [2.75, 3.05) is 51.4 Å². The molecule has 0 spiro atoms. The third-order valence-corrected chi connectivity index (χ3v) is 19.5. The van der Waals surface area contributed by atoms with Gasteiger partial charge in [-0.3, -0.25) is 4.18 Å².